The summed E-state index contributed by atoms with van der Waals surface area (Å²) in [7, 11) is 0. The molecule has 0 aromatic carbocycles. The zero-order chi connectivity index (χ0) is 25.0. The van der Waals surface area contributed by atoms with Crippen LogP contribution < -0.4 is 0 Å². The molecule has 0 aliphatic heterocycles. The summed E-state index contributed by atoms with van der Waals surface area (Å²) in [6.45, 7) is 13.4. The van der Waals surface area contributed by atoms with Crippen molar-refractivity contribution < 1.29 is 4.42 Å². The third-order valence-electron chi connectivity index (χ3n) is 6.31. The van der Waals surface area contributed by atoms with Crippen molar-refractivity contribution >= 4 is 0 Å². The van der Waals surface area contributed by atoms with Gasteiger partial charge in [0.1, 0.15) is 0 Å². The highest BCUT2D eigenvalue weighted by atomic mass is 16.3. The molecule has 0 bridgehead atoms. The molecule has 1 aromatic rings. The highest BCUT2D eigenvalue weighted by Crippen LogP contribution is 2.15. The summed E-state index contributed by atoms with van der Waals surface area (Å²) in [4.78, 5) is 0. The van der Waals surface area contributed by atoms with E-state index in [9.17, 15) is 0 Å². The maximum Gasteiger partial charge on any atom is 0.0934 e. The minimum atomic E-state index is 1.07. The van der Waals surface area contributed by atoms with E-state index in [1.807, 2.05) is 6.26 Å². The van der Waals surface area contributed by atoms with Crippen LogP contribution in [0.1, 0.15) is 111 Å². The molecule has 1 nitrogen and oxygen atoms in total. The summed E-state index contributed by atoms with van der Waals surface area (Å²) in [5, 5.41) is 0. The van der Waals surface area contributed by atoms with Crippen LogP contribution in [0.15, 0.2) is 93.4 Å². The minimum absolute atomic E-state index is 1.07. The average molecular weight is 463 g/mol. The molecule has 0 saturated heterocycles. The van der Waals surface area contributed by atoms with Crippen molar-refractivity contribution in [2.45, 2.75) is 112 Å². The van der Waals surface area contributed by atoms with E-state index in [4.69, 9.17) is 4.42 Å². The number of aryl methyl sites for hydroxylation is 1. The second-order valence-electron chi connectivity index (χ2n) is 9.85. The quantitative estimate of drug-likeness (QED) is 0.210. The van der Waals surface area contributed by atoms with Gasteiger partial charge in [-0.3, -0.25) is 0 Å². The lowest BCUT2D eigenvalue weighted by atomic mass is 10.0. The Morgan fingerprint density at radius 3 is 1.50 bits per heavy atom. The van der Waals surface area contributed by atoms with E-state index < -0.39 is 0 Å². The first-order valence-corrected chi connectivity index (χ1v) is 13.3. The van der Waals surface area contributed by atoms with E-state index in [2.05, 4.69) is 90.1 Å². The first kappa shape index (κ1) is 29.8. The predicted octanol–water partition coefficient (Wildman–Crippen LogP) is 11.0. The lowest BCUT2D eigenvalue weighted by Gasteiger charge is -2.03. The summed E-state index contributed by atoms with van der Waals surface area (Å²) in [5.74, 6) is 0. The van der Waals surface area contributed by atoms with E-state index in [0.717, 1.165) is 51.4 Å². The van der Waals surface area contributed by atoms with Crippen LogP contribution in [0.5, 0.6) is 0 Å². The Balaban J connectivity index is 2.19. The van der Waals surface area contributed by atoms with Gasteiger partial charge in [0.2, 0.25) is 0 Å². The average Bonchev–Trinajstić information content (AvgIpc) is 3.31. The van der Waals surface area contributed by atoms with E-state index >= 15 is 0 Å². The van der Waals surface area contributed by atoms with Crippen LogP contribution in [0.4, 0.5) is 0 Å². The van der Waals surface area contributed by atoms with Gasteiger partial charge in [0, 0.05) is 0 Å². The molecule has 0 fully saturated rings. The van der Waals surface area contributed by atoms with Gasteiger partial charge in [0.05, 0.1) is 12.5 Å². The van der Waals surface area contributed by atoms with Gasteiger partial charge in [-0.2, -0.15) is 0 Å². The predicted molar refractivity (Wildman–Crippen MR) is 152 cm³/mol. The molecule has 1 heterocycles. The maximum atomic E-state index is 5.13. The molecule has 0 amide bonds. The molecule has 1 heteroatoms. The van der Waals surface area contributed by atoms with Gasteiger partial charge in [-0.15, -0.1) is 0 Å². The van der Waals surface area contributed by atoms with Crippen molar-refractivity contribution in [2.75, 3.05) is 0 Å². The molecule has 1 aromatic heterocycles. The summed E-state index contributed by atoms with van der Waals surface area (Å²) < 4.78 is 5.13. The van der Waals surface area contributed by atoms with Gasteiger partial charge in [-0.05, 0) is 124 Å². The number of allylic oxidation sites excluding steroid dienone is 12. The third kappa shape index (κ3) is 16.4. The molecular weight excluding hydrogens is 412 g/mol. The van der Waals surface area contributed by atoms with Crippen molar-refractivity contribution in [2.24, 2.45) is 0 Å². The molecule has 0 radical (unpaired) electrons. The number of hydrogen-bond acceptors (Lipinski definition) is 1. The molecule has 0 spiro atoms. The van der Waals surface area contributed by atoms with E-state index in [1.165, 1.54) is 52.7 Å². The molecule has 34 heavy (non-hydrogen) atoms. The summed E-state index contributed by atoms with van der Waals surface area (Å²) in [6.07, 6.45) is 32.6. The normalized spacial score (nSPS) is 14.5. The maximum absolute atomic E-state index is 5.13. The van der Waals surface area contributed by atoms with Crippen LogP contribution in [0.2, 0.25) is 0 Å². The van der Waals surface area contributed by atoms with Gasteiger partial charge in [0.15, 0.2) is 0 Å². The zero-order valence-corrected chi connectivity index (χ0v) is 23.0. The highest BCUT2D eigenvalue weighted by Gasteiger charge is 1.96. The Morgan fingerprint density at radius 2 is 1.09 bits per heavy atom. The first-order valence-electron chi connectivity index (χ1n) is 13.3. The largest absolute Gasteiger partial charge is 0.472 e. The van der Waals surface area contributed by atoms with Crippen LogP contribution in [0.3, 0.4) is 0 Å². The molecule has 0 aliphatic carbocycles. The number of furan rings is 1. The second-order valence-corrected chi connectivity index (χ2v) is 9.85. The first-order chi connectivity index (χ1) is 16.4. The van der Waals surface area contributed by atoms with Crippen LogP contribution >= 0.6 is 0 Å². The smallest absolute Gasteiger partial charge is 0.0934 e. The molecular formula is C33H50O. The topological polar surface area (TPSA) is 13.1 Å². The fourth-order valence-corrected chi connectivity index (χ4v) is 3.90. The van der Waals surface area contributed by atoms with E-state index in [1.54, 1.807) is 6.26 Å². The molecule has 1 rings (SSSR count). The summed E-state index contributed by atoms with van der Waals surface area (Å²) >= 11 is 0. The van der Waals surface area contributed by atoms with Crippen molar-refractivity contribution in [3.63, 3.8) is 0 Å². The Labute approximate surface area is 211 Å². The van der Waals surface area contributed by atoms with E-state index in [-0.39, 0.29) is 0 Å². The van der Waals surface area contributed by atoms with Crippen molar-refractivity contribution in [3.05, 3.63) is 94.6 Å². The third-order valence-corrected chi connectivity index (χ3v) is 6.31. The molecule has 0 unspecified atom stereocenters. The summed E-state index contributed by atoms with van der Waals surface area (Å²) in [6, 6.07) is 2.05. The van der Waals surface area contributed by atoms with Crippen LogP contribution in [0.25, 0.3) is 0 Å². The lowest BCUT2D eigenvalue weighted by molar-refractivity contribution is 0.564. The van der Waals surface area contributed by atoms with Gasteiger partial charge in [-0.25, -0.2) is 0 Å². The second kappa shape index (κ2) is 19.1. The van der Waals surface area contributed by atoms with Crippen LogP contribution in [0, 0.1) is 0 Å². The molecule has 0 saturated carbocycles. The number of rotatable bonds is 17. The SMILES string of the molecule is C/C=C/C/C(C)=C/CC/C(C)=C/CC/C(C)=C/CC/C(C)=C/CC/C(C)=C/CCc1ccoc1. The van der Waals surface area contributed by atoms with Crippen LogP contribution in [-0.2, 0) is 6.42 Å². The molecule has 188 valence electrons. The lowest BCUT2D eigenvalue weighted by Crippen LogP contribution is -1.84. The van der Waals surface area contributed by atoms with Gasteiger partial charge in [0.25, 0.3) is 0 Å². The Morgan fingerprint density at radius 1 is 0.647 bits per heavy atom. The van der Waals surface area contributed by atoms with Gasteiger partial charge < -0.3 is 4.42 Å². The van der Waals surface area contributed by atoms with Crippen LogP contribution in [-0.4, -0.2) is 0 Å². The Bertz CT molecular complexity index is 837. The van der Waals surface area contributed by atoms with Gasteiger partial charge in [-0.1, -0.05) is 70.4 Å². The van der Waals surface area contributed by atoms with Crippen molar-refractivity contribution in [3.8, 4) is 0 Å². The highest BCUT2D eigenvalue weighted by molar-refractivity contribution is 5.10. The minimum Gasteiger partial charge on any atom is -0.472 e. The van der Waals surface area contributed by atoms with Crippen molar-refractivity contribution in [1.29, 1.82) is 0 Å². The molecule has 0 N–H and O–H groups in total. The van der Waals surface area contributed by atoms with E-state index in [0.29, 0.717) is 0 Å². The Kier molecular flexibility index (Phi) is 16.7. The van der Waals surface area contributed by atoms with Crippen molar-refractivity contribution in [1.82, 2.24) is 0 Å². The Hall–Kier alpha value is -2.28. The molecule has 0 aliphatic rings. The molecule has 0 atom stereocenters. The zero-order valence-electron chi connectivity index (χ0n) is 23.0. The monoisotopic (exact) mass is 462 g/mol. The fraction of sp³-hybridized carbons (Fsp3) is 0.515. The summed E-state index contributed by atoms with van der Waals surface area (Å²) in [5.41, 5.74) is 8.81. The number of hydrogen-bond donors (Lipinski definition) is 0. The standard InChI is InChI=1S/C33H50O/c1-7-8-14-28(2)15-9-16-29(3)17-10-18-30(4)19-11-20-31(5)21-12-22-32(6)23-13-24-33-25-26-34-27-33/h7-8,15,17,19,21,23,25-27H,9-14,16,18,20,22,24H2,1-6H3/b8-7+,28-15+,29-17+,30-19+,31-21+,32-23+. The van der Waals surface area contributed by atoms with Gasteiger partial charge >= 0.3 is 0 Å². The fourth-order valence-electron chi connectivity index (χ4n) is 3.90.